The molecular formula is C20H14N6O4S. The van der Waals surface area contributed by atoms with E-state index in [1.807, 2.05) is 30.3 Å². The summed E-state index contributed by atoms with van der Waals surface area (Å²) in [7, 11) is 0. The molecule has 0 atom stereocenters. The van der Waals surface area contributed by atoms with Crippen molar-refractivity contribution < 1.29 is 14.5 Å². The Balaban J connectivity index is 1.37. The van der Waals surface area contributed by atoms with Crippen LogP contribution in [0.5, 0.6) is 0 Å². The smallest absolute Gasteiger partial charge is 0.277 e. The molecule has 0 aliphatic heterocycles. The van der Waals surface area contributed by atoms with Gasteiger partial charge in [0.2, 0.25) is 0 Å². The number of urea groups is 1. The predicted molar refractivity (Wildman–Crippen MR) is 114 cm³/mol. The molecule has 0 radical (unpaired) electrons. The minimum Gasteiger partial charge on any atom is -0.277 e. The Morgan fingerprint density at radius 1 is 0.935 bits per heavy atom. The SMILES string of the molecule is O=C(NSc1ccc2nn(-c3ccccc3)nc2c1)NC(=O)c1ccc([N+](=O)[O-])cc1. The number of carbonyl (C=O) groups is 2. The van der Waals surface area contributed by atoms with Crippen molar-refractivity contribution in [1.82, 2.24) is 25.0 Å². The zero-order valence-electron chi connectivity index (χ0n) is 15.8. The van der Waals surface area contributed by atoms with Crippen LogP contribution < -0.4 is 10.0 Å². The molecule has 31 heavy (non-hydrogen) atoms. The third-order valence-electron chi connectivity index (χ3n) is 4.17. The lowest BCUT2D eigenvalue weighted by Gasteiger charge is -2.06. The first-order valence-electron chi connectivity index (χ1n) is 8.95. The number of aromatic nitrogens is 3. The number of fused-ring (bicyclic) bond motifs is 1. The Kier molecular flexibility index (Phi) is 5.58. The van der Waals surface area contributed by atoms with Gasteiger partial charge in [0.25, 0.3) is 11.6 Å². The van der Waals surface area contributed by atoms with E-state index in [0.717, 1.165) is 17.6 Å². The Morgan fingerprint density at radius 2 is 1.65 bits per heavy atom. The van der Waals surface area contributed by atoms with Gasteiger partial charge in [-0.3, -0.25) is 24.9 Å². The van der Waals surface area contributed by atoms with Gasteiger partial charge in [0, 0.05) is 22.6 Å². The van der Waals surface area contributed by atoms with Gasteiger partial charge >= 0.3 is 6.03 Å². The molecule has 0 spiro atoms. The summed E-state index contributed by atoms with van der Waals surface area (Å²) in [5.41, 5.74) is 2.17. The molecule has 0 bridgehead atoms. The molecule has 0 aliphatic rings. The number of nitrogens with zero attached hydrogens (tertiary/aromatic N) is 4. The van der Waals surface area contributed by atoms with E-state index in [2.05, 4.69) is 20.2 Å². The predicted octanol–water partition coefficient (Wildman–Crippen LogP) is 3.48. The average molecular weight is 434 g/mol. The third-order valence-corrected chi connectivity index (χ3v) is 4.94. The zero-order chi connectivity index (χ0) is 21.8. The lowest BCUT2D eigenvalue weighted by molar-refractivity contribution is -0.384. The maximum Gasteiger partial charge on any atom is 0.331 e. The number of nitro groups is 1. The molecule has 154 valence electrons. The van der Waals surface area contributed by atoms with Crippen LogP contribution in [0, 0.1) is 10.1 Å². The van der Waals surface area contributed by atoms with Crippen LogP contribution in [0.25, 0.3) is 16.7 Å². The third kappa shape index (κ3) is 4.67. The molecule has 1 aromatic heterocycles. The molecule has 0 saturated carbocycles. The lowest BCUT2D eigenvalue weighted by atomic mass is 10.2. The highest BCUT2D eigenvalue weighted by atomic mass is 32.2. The molecule has 0 saturated heterocycles. The highest BCUT2D eigenvalue weighted by Crippen LogP contribution is 2.20. The second kappa shape index (κ2) is 8.63. The molecule has 4 aromatic rings. The second-order valence-corrected chi connectivity index (χ2v) is 7.15. The number of hydrogen-bond acceptors (Lipinski definition) is 7. The number of nitro benzene ring substituents is 1. The molecule has 3 aromatic carbocycles. The van der Waals surface area contributed by atoms with Crippen molar-refractivity contribution in [2.24, 2.45) is 0 Å². The van der Waals surface area contributed by atoms with Gasteiger partial charge in [-0.25, -0.2) is 4.79 Å². The van der Waals surface area contributed by atoms with Crippen molar-refractivity contribution in [2.75, 3.05) is 0 Å². The van der Waals surface area contributed by atoms with E-state index >= 15 is 0 Å². The lowest BCUT2D eigenvalue weighted by Crippen LogP contribution is -2.36. The minimum absolute atomic E-state index is 0.129. The number of imide groups is 1. The number of nitrogens with one attached hydrogen (secondary N) is 2. The summed E-state index contributed by atoms with van der Waals surface area (Å²) in [6.07, 6.45) is 0. The minimum atomic E-state index is -0.721. The van der Waals surface area contributed by atoms with Crippen LogP contribution in [0.4, 0.5) is 10.5 Å². The second-order valence-electron chi connectivity index (χ2n) is 6.27. The molecule has 10 nitrogen and oxygen atoms in total. The molecule has 3 amide bonds. The maximum absolute atomic E-state index is 12.1. The summed E-state index contributed by atoms with van der Waals surface area (Å²) >= 11 is 1.01. The first-order chi connectivity index (χ1) is 15.0. The molecule has 0 unspecified atom stereocenters. The van der Waals surface area contributed by atoms with Crippen LogP contribution in [-0.2, 0) is 0 Å². The van der Waals surface area contributed by atoms with Gasteiger partial charge in [-0.2, -0.15) is 4.80 Å². The zero-order valence-corrected chi connectivity index (χ0v) is 16.6. The number of para-hydroxylation sites is 1. The fraction of sp³-hybridized carbons (Fsp3) is 0. The summed E-state index contributed by atoms with van der Waals surface area (Å²) < 4.78 is 2.51. The van der Waals surface area contributed by atoms with Crippen LogP contribution in [0.2, 0.25) is 0 Å². The van der Waals surface area contributed by atoms with Crippen molar-refractivity contribution in [1.29, 1.82) is 0 Å². The van der Waals surface area contributed by atoms with E-state index in [1.165, 1.54) is 29.1 Å². The van der Waals surface area contributed by atoms with Crippen molar-refractivity contribution in [3.63, 3.8) is 0 Å². The summed E-state index contributed by atoms with van der Waals surface area (Å²) in [4.78, 5) is 36.4. The highest BCUT2D eigenvalue weighted by molar-refractivity contribution is 7.98. The van der Waals surface area contributed by atoms with Crippen LogP contribution in [0.1, 0.15) is 10.4 Å². The summed E-state index contributed by atoms with van der Waals surface area (Å²) in [6, 6.07) is 19.0. The van der Waals surface area contributed by atoms with Gasteiger partial charge in [-0.1, -0.05) is 18.2 Å². The molecule has 11 heteroatoms. The first-order valence-corrected chi connectivity index (χ1v) is 9.76. The van der Waals surface area contributed by atoms with E-state index in [1.54, 1.807) is 18.2 Å². The largest absolute Gasteiger partial charge is 0.331 e. The standard InChI is InChI=1S/C20H14N6O4S/c27-19(13-6-8-15(9-7-13)26(29)30)21-20(28)24-31-16-10-11-17-18(12-16)23-25(22-17)14-4-2-1-3-5-14/h1-12H,(H2,21,24,27,28). The van der Waals surface area contributed by atoms with Crippen LogP contribution >= 0.6 is 11.9 Å². The topological polar surface area (TPSA) is 132 Å². The Hall–Kier alpha value is -4.25. The van der Waals surface area contributed by atoms with Gasteiger partial charge in [0.1, 0.15) is 11.0 Å². The van der Waals surface area contributed by atoms with Gasteiger partial charge in [-0.05, 0) is 54.4 Å². The fourth-order valence-electron chi connectivity index (χ4n) is 2.68. The summed E-state index contributed by atoms with van der Waals surface area (Å²) in [6.45, 7) is 0. The number of rotatable bonds is 5. The number of hydrogen-bond donors (Lipinski definition) is 2. The van der Waals surface area contributed by atoms with E-state index in [-0.39, 0.29) is 11.3 Å². The number of amides is 3. The summed E-state index contributed by atoms with van der Waals surface area (Å²) in [5.74, 6) is -0.672. The molecule has 4 rings (SSSR count). The van der Waals surface area contributed by atoms with Gasteiger partial charge in [0.15, 0.2) is 0 Å². The van der Waals surface area contributed by atoms with Crippen molar-refractivity contribution in [3.8, 4) is 5.69 Å². The van der Waals surface area contributed by atoms with E-state index in [4.69, 9.17) is 0 Å². The van der Waals surface area contributed by atoms with Crippen LogP contribution in [-0.4, -0.2) is 31.9 Å². The van der Waals surface area contributed by atoms with E-state index in [9.17, 15) is 19.7 Å². The van der Waals surface area contributed by atoms with E-state index < -0.39 is 16.9 Å². The van der Waals surface area contributed by atoms with E-state index in [0.29, 0.717) is 15.9 Å². The normalized spacial score (nSPS) is 10.6. The van der Waals surface area contributed by atoms with Crippen molar-refractivity contribution in [2.45, 2.75) is 4.90 Å². The van der Waals surface area contributed by atoms with Crippen LogP contribution in [0.15, 0.2) is 77.7 Å². The summed E-state index contributed by atoms with van der Waals surface area (Å²) in [5, 5.41) is 21.7. The molecule has 0 fully saturated rings. The number of carbonyl (C=O) groups excluding carboxylic acids is 2. The van der Waals surface area contributed by atoms with Crippen molar-refractivity contribution in [3.05, 3.63) is 88.5 Å². The first kappa shape index (κ1) is 20.0. The Bertz CT molecular complexity index is 1270. The van der Waals surface area contributed by atoms with Gasteiger partial charge < -0.3 is 0 Å². The van der Waals surface area contributed by atoms with Gasteiger partial charge in [0.05, 0.1) is 10.6 Å². The molecule has 0 aliphatic carbocycles. The molecular weight excluding hydrogens is 420 g/mol. The highest BCUT2D eigenvalue weighted by Gasteiger charge is 2.13. The monoisotopic (exact) mass is 434 g/mol. The maximum atomic E-state index is 12.1. The quantitative estimate of drug-likeness (QED) is 0.279. The number of non-ortho nitro benzene ring substituents is 1. The fourth-order valence-corrected chi connectivity index (χ4v) is 3.24. The average Bonchev–Trinajstić information content (AvgIpc) is 3.22. The Labute approximate surface area is 179 Å². The van der Waals surface area contributed by atoms with Crippen LogP contribution in [0.3, 0.4) is 0 Å². The van der Waals surface area contributed by atoms with Gasteiger partial charge in [-0.15, -0.1) is 10.2 Å². The molecule has 2 N–H and O–H groups in total. The van der Waals surface area contributed by atoms with Crippen molar-refractivity contribution >= 4 is 40.6 Å². The number of benzene rings is 3. The Morgan fingerprint density at radius 3 is 2.35 bits per heavy atom. The molecule has 1 heterocycles.